The van der Waals surface area contributed by atoms with Crippen molar-refractivity contribution in [3.05, 3.63) is 23.3 Å². The van der Waals surface area contributed by atoms with Crippen LogP contribution >= 0.6 is 11.8 Å². The first-order valence-corrected chi connectivity index (χ1v) is 13.5. The van der Waals surface area contributed by atoms with Crippen molar-refractivity contribution in [3.63, 3.8) is 0 Å². The number of allylic oxidation sites excluding steroid dienone is 3. The van der Waals surface area contributed by atoms with E-state index in [1.54, 1.807) is 0 Å². The van der Waals surface area contributed by atoms with Crippen molar-refractivity contribution in [1.82, 2.24) is 0 Å². The monoisotopic (exact) mass is 408 g/mol. The molecule has 1 N–H and O–H groups in total. The normalized spacial score (nSPS) is 18.6. The Morgan fingerprint density at radius 3 is 1.89 bits per heavy atom. The van der Waals surface area contributed by atoms with Gasteiger partial charge in [-0.2, -0.15) is 11.8 Å². The molecule has 0 saturated heterocycles. The first kappa shape index (κ1) is 25.8. The van der Waals surface area contributed by atoms with E-state index in [4.69, 9.17) is 0 Å². The highest BCUT2D eigenvalue weighted by Gasteiger charge is 2.14. The smallest absolute Gasteiger partial charge is 0.0652 e. The molecule has 0 aromatic carbocycles. The Balaban J connectivity index is 1.87. The fraction of sp³-hybridized carbons (Fsp3) is 0.846. The van der Waals surface area contributed by atoms with Gasteiger partial charge in [0.05, 0.1) is 6.61 Å². The third-order valence-corrected chi connectivity index (χ3v) is 7.28. The molecule has 1 aliphatic rings. The van der Waals surface area contributed by atoms with Gasteiger partial charge >= 0.3 is 0 Å². The third kappa shape index (κ3) is 13.1. The van der Waals surface area contributed by atoms with Gasteiger partial charge in [-0.25, -0.2) is 0 Å². The predicted octanol–water partition coefficient (Wildman–Crippen LogP) is 8.48. The van der Waals surface area contributed by atoms with Gasteiger partial charge in [0.25, 0.3) is 0 Å². The lowest BCUT2D eigenvalue weighted by Gasteiger charge is -2.21. The molecule has 0 amide bonds. The Morgan fingerprint density at radius 1 is 0.857 bits per heavy atom. The number of aliphatic hydroxyl groups is 1. The van der Waals surface area contributed by atoms with Gasteiger partial charge in [-0.05, 0) is 36.5 Å². The van der Waals surface area contributed by atoms with Crippen LogP contribution < -0.4 is 0 Å². The van der Waals surface area contributed by atoms with Gasteiger partial charge in [0.1, 0.15) is 0 Å². The molecule has 2 heteroatoms. The van der Waals surface area contributed by atoms with Crippen LogP contribution in [0, 0.1) is 5.92 Å². The van der Waals surface area contributed by atoms with Crippen LogP contribution in [0.4, 0.5) is 0 Å². The number of hydrogen-bond acceptors (Lipinski definition) is 2. The molecule has 28 heavy (non-hydrogen) atoms. The summed E-state index contributed by atoms with van der Waals surface area (Å²) in [4.78, 5) is 0. The Morgan fingerprint density at radius 2 is 1.39 bits per heavy atom. The van der Waals surface area contributed by atoms with E-state index in [1.807, 2.05) is 11.8 Å². The van der Waals surface area contributed by atoms with Crippen molar-refractivity contribution in [1.29, 1.82) is 0 Å². The van der Waals surface area contributed by atoms with Crippen molar-refractivity contribution in [2.45, 2.75) is 117 Å². The average Bonchev–Trinajstić information content (AvgIpc) is 2.71. The fourth-order valence-corrected chi connectivity index (χ4v) is 5.26. The van der Waals surface area contributed by atoms with E-state index in [9.17, 15) is 5.11 Å². The SMILES string of the molecule is CCCCCCCCCCCCCCCCSC/C(CO)=C1/CC=CCC1C. The lowest BCUT2D eigenvalue weighted by molar-refractivity contribution is 0.328. The Labute approximate surface area is 180 Å². The minimum Gasteiger partial charge on any atom is -0.392 e. The van der Waals surface area contributed by atoms with Gasteiger partial charge in [0.15, 0.2) is 0 Å². The molecule has 0 radical (unpaired) electrons. The summed E-state index contributed by atoms with van der Waals surface area (Å²) in [5, 5.41) is 9.73. The molecule has 1 atom stereocenters. The summed E-state index contributed by atoms with van der Waals surface area (Å²) in [7, 11) is 0. The van der Waals surface area contributed by atoms with Crippen molar-refractivity contribution < 1.29 is 5.11 Å². The molecule has 164 valence electrons. The summed E-state index contributed by atoms with van der Waals surface area (Å²) in [5.41, 5.74) is 2.80. The maximum atomic E-state index is 9.73. The maximum Gasteiger partial charge on any atom is 0.0652 e. The van der Waals surface area contributed by atoms with Crippen molar-refractivity contribution in [2.24, 2.45) is 5.92 Å². The average molecular weight is 409 g/mol. The molecule has 1 unspecified atom stereocenters. The van der Waals surface area contributed by atoms with Crippen LogP contribution in [-0.4, -0.2) is 23.2 Å². The minimum absolute atomic E-state index is 0.249. The molecule has 0 spiro atoms. The Hall–Kier alpha value is -0.210. The van der Waals surface area contributed by atoms with Crippen LogP contribution in [-0.2, 0) is 0 Å². The van der Waals surface area contributed by atoms with Gasteiger partial charge in [0.2, 0.25) is 0 Å². The summed E-state index contributed by atoms with van der Waals surface area (Å²) in [5.74, 6) is 2.90. The number of unbranched alkanes of at least 4 members (excludes halogenated alkanes) is 13. The highest BCUT2D eigenvalue weighted by atomic mass is 32.2. The molecular weight excluding hydrogens is 360 g/mol. The summed E-state index contributed by atoms with van der Waals surface area (Å²) in [6.07, 6.45) is 26.7. The molecule has 0 aromatic rings. The van der Waals surface area contributed by atoms with E-state index < -0.39 is 0 Å². The second-order valence-corrected chi connectivity index (χ2v) is 9.85. The molecule has 0 fully saturated rings. The van der Waals surface area contributed by atoms with Gasteiger partial charge in [-0.15, -0.1) is 0 Å². The number of rotatable bonds is 18. The molecule has 0 heterocycles. The quantitative estimate of drug-likeness (QED) is 0.181. The van der Waals surface area contributed by atoms with Crippen molar-refractivity contribution in [3.8, 4) is 0 Å². The largest absolute Gasteiger partial charge is 0.392 e. The van der Waals surface area contributed by atoms with Gasteiger partial charge in [0, 0.05) is 5.75 Å². The van der Waals surface area contributed by atoms with E-state index in [2.05, 4.69) is 26.0 Å². The second kappa shape index (κ2) is 18.8. The third-order valence-electron chi connectivity index (χ3n) is 6.15. The lowest BCUT2D eigenvalue weighted by Crippen LogP contribution is -2.09. The Bertz CT molecular complexity index is 413. The zero-order valence-corrected chi connectivity index (χ0v) is 19.8. The summed E-state index contributed by atoms with van der Waals surface area (Å²) in [6.45, 7) is 4.84. The predicted molar refractivity (Wildman–Crippen MR) is 129 cm³/mol. The first-order chi connectivity index (χ1) is 13.8. The van der Waals surface area contributed by atoms with E-state index in [-0.39, 0.29) is 6.61 Å². The molecule has 1 rings (SSSR count). The van der Waals surface area contributed by atoms with Crippen LogP contribution in [0.2, 0.25) is 0 Å². The summed E-state index contributed by atoms with van der Waals surface area (Å²) in [6, 6.07) is 0. The van der Waals surface area contributed by atoms with Crippen LogP contribution in [0.15, 0.2) is 23.3 Å². The molecule has 0 bridgehead atoms. The van der Waals surface area contributed by atoms with Crippen molar-refractivity contribution >= 4 is 11.8 Å². The lowest BCUT2D eigenvalue weighted by atomic mass is 9.87. The molecule has 0 aromatic heterocycles. The number of aliphatic hydroxyl groups excluding tert-OH is 1. The van der Waals surface area contributed by atoms with Gasteiger partial charge in [-0.1, -0.05) is 115 Å². The second-order valence-electron chi connectivity index (χ2n) is 8.75. The van der Waals surface area contributed by atoms with E-state index in [0.29, 0.717) is 5.92 Å². The molecule has 0 saturated carbocycles. The van der Waals surface area contributed by atoms with Crippen molar-refractivity contribution in [2.75, 3.05) is 18.1 Å². The topological polar surface area (TPSA) is 20.2 Å². The Kier molecular flexibility index (Phi) is 17.3. The number of thioether (sulfide) groups is 1. The zero-order valence-electron chi connectivity index (χ0n) is 19.0. The standard InChI is InChI=1S/C26H48OS/c1-3-4-5-6-7-8-9-10-11-12-13-14-15-18-21-28-23-25(22-27)26-20-17-16-19-24(26)2/h16-17,24,27H,3-15,18-23H2,1-2H3/b26-25-. The number of hydrogen-bond donors (Lipinski definition) is 1. The maximum absolute atomic E-state index is 9.73. The minimum atomic E-state index is 0.249. The van der Waals surface area contributed by atoms with Gasteiger partial charge in [-0.3, -0.25) is 0 Å². The van der Waals surface area contributed by atoms with Crippen LogP contribution in [0.5, 0.6) is 0 Å². The highest BCUT2D eigenvalue weighted by Crippen LogP contribution is 2.28. The highest BCUT2D eigenvalue weighted by molar-refractivity contribution is 7.99. The summed E-state index contributed by atoms with van der Waals surface area (Å²) >= 11 is 2.02. The van der Waals surface area contributed by atoms with Crippen LogP contribution in [0.1, 0.15) is 117 Å². The van der Waals surface area contributed by atoms with E-state index in [1.165, 1.54) is 107 Å². The van der Waals surface area contributed by atoms with E-state index in [0.717, 1.165) is 18.6 Å². The van der Waals surface area contributed by atoms with Crippen LogP contribution in [0.25, 0.3) is 0 Å². The van der Waals surface area contributed by atoms with Crippen LogP contribution in [0.3, 0.4) is 0 Å². The molecule has 0 aliphatic heterocycles. The molecule has 1 aliphatic carbocycles. The first-order valence-electron chi connectivity index (χ1n) is 12.3. The zero-order chi connectivity index (χ0) is 20.3. The van der Waals surface area contributed by atoms with Gasteiger partial charge < -0.3 is 5.11 Å². The molecular formula is C26H48OS. The van der Waals surface area contributed by atoms with E-state index >= 15 is 0 Å². The fourth-order valence-electron chi connectivity index (χ4n) is 4.18. The molecule has 1 nitrogen and oxygen atoms in total. The summed E-state index contributed by atoms with van der Waals surface area (Å²) < 4.78 is 0.